The number of rotatable bonds is 5. The van der Waals surface area contributed by atoms with E-state index in [9.17, 15) is 4.79 Å². The number of hydrogen-bond donors (Lipinski definition) is 1. The monoisotopic (exact) mass is 272 g/mol. The Labute approximate surface area is 119 Å². The molecule has 0 saturated heterocycles. The first kappa shape index (κ1) is 14.2. The number of carbonyl (C=O) groups is 1. The van der Waals surface area contributed by atoms with Crippen LogP contribution in [0.25, 0.3) is 0 Å². The summed E-state index contributed by atoms with van der Waals surface area (Å²) in [6.07, 6.45) is 0.740. The number of aromatic amines is 1. The van der Waals surface area contributed by atoms with E-state index in [1.807, 2.05) is 32.0 Å². The number of hydrogen-bond acceptors (Lipinski definition) is 3. The molecule has 0 aliphatic carbocycles. The smallest absolute Gasteiger partial charge is 0.293 e. The van der Waals surface area contributed by atoms with Crippen molar-refractivity contribution in [2.75, 3.05) is 6.54 Å². The van der Waals surface area contributed by atoms with Crippen molar-refractivity contribution in [3.8, 4) is 0 Å². The fourth-order valence-electron chi connectivity index (χ4n) is 2.01. The van der Waals surface area contributed by atoms with Gasteiger partial charge in [-0.1, -0.05) is 31.2 Å². The van der Waals surface area contributed by atoms with Crippen LogP contribution in [-0.2, 0) is 13.0 Å². The third-order valence-electron chi connectivity index (χ3n) is 3.35. The maximum absolute atomic E-state index is 12.4. The maximum atomic E-state index is 12.4. The SMILES string of the molecule is CCc1nc(C(=O)N(CC)Cc2ccccc2C)n[nH]1. The van der Waals surface area contributed by atoms with Gasteiger partial charge < -0.3 is 4.90 Å². The Morgan fingerprint density at radius 2 is 2.05 bits per heavy atom. The Bertz CT molecular complexity index is 591. The maximum Gasteiger partial charge on any atom is 0.293 e. The number of nitrogens with one attached hydrogen (secondary N) is 1. The molecule has 2 rings (SSSR count). The van der Waals surface area contributed by atoms with Crippen molar-refractivity contribution in [1.82, 2.24) is 20.1 Å². The van der Waals surface area contributed by atoms with Gasteiger partial charge in [0.25, 0.3) is 5.91 Å². The highest BCUT2D eigenvalue weighted by atomic mass is 16.2. The van der Waals surface area contributed by atoms with Gasteiger partial charge in [0.2, 0.25) is 5.82 Å². The minimum atomic E-state index is -0.133. The van der Waals surface area contributed by atoms with Crippen LogP contribution in [0.1, 0.15) is 41.4 Å². The molecule has 1 heterocycles. The lowest BCUT2D eigenvalue weighted by atomic mass is 10.1. The van der Waals surface area contributed by atoms with Crippen LogP contribution >= 0.6 is 0 Å². The summed E-state index contributed by atoms with van der Waals surface area (Å²) in [5, 5.41) is 6.77. The number of H-pyrrole nitrogens is 1. The lowest BCUT2D eigenvalue weighted by Gasteiger charge is -2.20. The van der Waals surface area contributed by atoms with Crippen LogP contribution in [0.5, 0.6) is 0 Å². The van der Waals surface area contributed by atoms with Crippen molar-refractivity contribution >= 4 is 5.91 Å². The summed E-state index contributed by atoms with van der Waals surface area (Å²) >= 11 is 0. The molecular weight excluding hydrogens is 252 g/mol. The fraction of sp³-hybridized carbons (Fsp3) is 0.400. The van der Waals surface area contributed by atoms with E-state index >= 15 is 0 Å². The molecule has 0 aliphatic heterocycles. The van der Waals surface area contributed by atoms with E-state index in [-0.39, 0.29) is 11.7 Å². The van der Waals surface area contributed by atoms with E-state index in [1.54, 1.807) is 4.90 Å². The molecule has 1 aromatic heterocycles. The highest BCUT2D eigenvalue weighted by molar-refractivity contribution is 5.90. The van der Waals surface area contributed by atoms with Crippen molar-refractivity contribution in [2.45, 2.75) is 33.7 Å². The molecular formula is C15H20N4O. The highest BCUT2D eigenvalue weighted by Crippen LogP contribution is 2.12. The van der Waals surface area contributed by atoms with Crippen LogP contribution in [0.3, 0.4) is 0 Å². The molecule has 20 heavy (non-hydrogen) atoms. The quantitative estimate of drug-likeness (QED) is 0.908. The van der Waals surface area contributed by atoms with Crippen LogP contribution in [-0.4, -0.2) is 32.5 Å². The van der Waals surface area contributed by atoms with Crippen LogP contribution in [0.4, 0.5) is 0 Å². The fourth-order valence-corrected chi connectivity index (χ4v) is 2.01. The molecule has 2 aromatic rings. The topological polar surface area (TPSA) is 61.9 Å². The summed E-state index contributed by atoms with van der Waals surface area (Å²) in [6.45, 7) is 7.19. The van der Waals surface area contributed by atoms with Gasteiger partial charge in [-0.25, -0.2) is 4.98 Å². The molecule has 0 saturated carbocycles. The molecule has 5 heteroatoms. The van der Waals surface area contributed by atoms with Gasteiger partial charge >= 0.3 is 0 Å². The van der Waals surface area contributed by atoms with Crippen molar-refractivity contribution in [3.05, 3.63) is 47.0 Å². The molecule has 0 atom stereocenters. The summed E-state index contributed by atoms with van der Waals surface area (Å²) < 4.78 is 0. The van der Waals surface area contributed by atoms with E-state index in [2.05, 4.69) is 28.2 Å². The molecule has 1 N–H and O–H groups in total. The largest absolute Gasteiger partial charge is 0.332 e. The zero-order valence-corrected chi connectivity index (χ0v) is 12.2. The molecule has 0 fully saturated rings. The van der Waals surface area contributed by atoms with Crippen molar-refractivity contribution < 1.29 is 4.79 Å². The molecule has 5 nitrogen and oxygen atoms in total. The van der Waals surface area contributed by atoms with E-state index in [0.29, 0.717) is 13.1 Å². The lowest BCUT2D eigenvalue weighted by molar-refractivity contribution is 0.0740. The number of carbonyl (C=O) groups excluding carboxylic acids is 1. The third kappa shape index (κ3) is 3.04. The van der Waals surface area contributed by atoms with Gasteiger partial charge in [-0.3, -0.25) is 9.89 Å². The predicted molar refractivity (Wildman–Crippen MR) is 77.4 cm³/mol. The third-order valence-corrected chi connectivity index (χ3v) is 3.35. The van der Waals surface area contributed by atoms with Gasteiger partial charge in [-0.15, -0.1) is 5.10 Å². The molecule has 106 valence electrons. The average Bonchev–Trinajstić information content (AvgIpc) is 2.94. The van der Waals surface area contributed by atoms with Gasteiger partial charge in [0.05, 0.1) is 0 Å². The summed E-state index contributed by atoms with van der Waals surface area (Å²) in [5.41, 5.74) is 2.33. The zero-order chi connectivity index (χ0) is 14.5. The van der Waals surface area contributed by atoms with Crippen LogP contribution in [0.15, 0.2) is 24.3 Å². The van der Waals surface area contributed by atoms with E-state index in [0.717, 1.165) is 17.8 Å². The summed E-state index contributed by atoms with van der Waals surface area (Å²) in [5.74, 6) is 0.851. The van der Waals surface area contributed by atoms with Gasteiger partial charge in [0.15, 0.2) is 0 Å². The number of aryl methyl sites for hydroxylation is 2. The second-order valence-corrected chi connectivity index (χ2v) is 4.71. The van der Waals surface area contributed by atoms with Gasteiger partial charge in [-0.05, 0) is 25.0 Å². The number of benzene rings is 1. The molecule has 0 unspecified atom stereocenters. The molecule has 1 amide bonds. The van der Waals surface area contributed by atoms with Crippen molar-refractivity contribution in [1.29, 1.82) is 0 Å². The Morgan fingerprint density at radius 1 is 1.30 bits per heavy atom. The number of aromatic nitrogens is 3. The van der Waals surface area contributed by atoms with Crippen LogP contribution in [0, 0.1) is 6.92 Å². The van der Waals surface area contributed by atoms with E-state index < -0.39 is 0 Å². The standard InChI is InChI=1S/C15H20N4O/c1-4-13-16-14(18-17-13)15(20)19(5-2)10-12-9-7-6-8-11(12)3/h6-9H,4-5,10H2,1-3H3,(H,16,17,18). The second-order valence-electron chi connectivity index (χ2n) is 4.71. The van der Waals surface area contributed by atoms with Crippen LogP contribution < -0.4 is 0 Å². The summed E-state index contributed by atoms with van der Waals surface area (Å²) in [4.78, 5) is 18.4. The van der Waals surface area contributed by atoms with Gasteiger partial charge in [-0.2, -0.15) is 0 Å². The second kappa shape index (κ2) is 6.32. The minimum Gasteiger partial charge on any atom is -0.332 e. The first-order valence-corrected chi connectivity index (χ1v) is 6.90. The lowest BCUT2D eigenvalue weighted by Crippen LogP contribution is -2.31. The molecule has 1 aromatic carbocycles. The van der Waals surface area contributed by atoms with Gasteiger partial charge in [0, 0.05) is 19.5 Å². The molecule has 0 spiro atoms. The normalized spacial score (nSPS) is 10.6. The van der Waals surface area contributed by atoms with Crippen molar-refractivity contribution in [3.63, 3.8) is 0 Å². The minimum absolute atomic E-state index is 0.133. The summed E-state index contributed by atoms with van der Waals surface area (Å²) in [7, 11) is 0. The Morgan fingerprint density at radius 3 is 2.65 bits per heavy atom. The molecule has 0 bridgehead atoms. The molecule has 0 aliphatic rings. The number of nitrogens with zero attached hydrogens (tertiary/aromatic N) is 3. The Hall–Kier alpha value is -2.17. The van der Waals surface area contributed by atoms with Gasteiger partial charge in [0.1, 0.15) is 5.82 Å². The Kier molecular flexibility index (Phi) is 4.50. The zero-order valence-electron chi connectivity index (χ0n) is 12.2. The Balaban J connectivity index is 2.15. The summed E-state index contributed by atoms with van der Waals surface area (Å²) in [6, 6.07) is 8.08. The predicted octanol–water partition coefficient (Wildman–Crippen LogP) is 2.34. The average molecular weight is 272 g/mol. The first-order chi connectivity index (χ1) is 9.65. The van der Waals surface area contributed by atoms with E-state index in [4.69, 9.17) is 0 Å². The first-order valence-electron chi connectivity index (χ1n) is 6.90. The van der Waals surface area contributed by atoms with E-state index in [1.165, 1.54) is 5.56 Å². The van der Waals surface area contributed by atoms with Crippen LogP contribution in [0.2, 0.25) is 0 Å². The number of amides is 1. The molecule has 0 radical (unpaired) electrons. The van der Waals surface area contributed by atoms with Crippen molar-refractivity contribution in [2.24, 2.45) is 0 Å². The highest BCUT2D eigenvalue weighted by Gasteiger charge is 2.19.